The maximum Gasteiger partial charge on any atom is 0.286 e. The lowest BCUT2D eigenvalue weighted by Gasteiger charge is -2.36. The first kappa shape index (κ1) is 17.7. The van der Waals surface area contributed by atoms with Crippen LogP contribution in [-0.4, -0.2) is 49.3 Å². The molecule has 2 aliphatic rings. The van der Waals surface area contributed by atoms with Crippen LogP contribution in [0.5, 0.6) is 5.75 Å². The highest BCUT2D eigenvalue weighted by Gasteiger charge is 2.28. The van der Waals surface area contributed by atoms with Crippen molar-refractivity contribution in [2.24, 2.45) is 4.99 Å². The van der Waals surface area contributed by atoms with Gasteiger partial charge in [-0.05, 0) is 47.7 Å². The second-order valence-electron chi connectivity index (χ2n) is 6.40. The van der Waals surface area contributed by atoms with Crippen molar-refractivity contribution in [1.82, 2.24) is 4.90 Å². The third-order valence-corrected chi connectivity index (χ3v) is 5.72. The molecule has 0 spiro atoms. The average molecular weight is 379 g/mol. The third kappa shape index (κ3) is 4.01. The number of rotatable bonds is 3. The number of amides is 1. The Labute approximate surface area is 163 Å². The zero-order valence-electron chi connectivity index (χ0n) is 15.2. The second-order valence-corrected chi connectivity index (χ2v) is 7.41. The molecule has 0 N–H and O–H groups in total. The molecule has 2 heterocycles. The van der Waals surface area contributed by atoms with Crippen molar-refractivity contribution in [2.45, 2.75) is 0 Å². The van der Waals surface area contributed by atoms with E-state index in [1.165, 1.54) is 17.4 Å². The standard InChI is InChI=1S/C21H21N3O2S/c1-26-18-9-5-6-16(14-18)15-19-20(25)22-21(27-19)24-12-10-23(11-13-24)17-7-3-2-4-8-17/h2-9,14-15H,10-13H2,1H3/b19-15-. The van der Waals surface area contributed by atoms with E-state index in [9.17, 15) is 4.79 Å². The first-order chi connectivity index (χ1) is 13.2. The van der Waals surface area contributed by atoms with Gasteiger partial charge >= 0.3 is 0 Å². The van der Waals surface area contributed by atoms with Gasteiger partial charge in [0.2, 0.25) is 0 Å². The molecular formula is C21H21N3O2S. The number of amidine groups is 1. The maximum atomic E-state index is 12.3. The second kappa shape index (κ2) is 7.88. The summed E-state index contributed by atoms with van der Waals surface area (Å²) in [7, 11) is 1.64. The van der Waals surface area contributed by atoms with E-state index in [-0.39, 0.29) is 5.91 Å². The lowest BCUT2D eigenvalue weighted by Crippen LogP contribution is -2.47. The zero-order chi connectivity index (χ0) is 18.6. The predicted octanol–water partition coefficient (Wildman–Crippen LogP) is 3.49. The number of anilines is 1. The van der Waals surface area contributed by atoms with Crippen LogP contribution in [0.4, 0.5) is 5.69 Å². The first-order valence-corrected chi connectivity index (χ1v) is 9.76. The van der Waals surface area contributed by atoms with Gasteiger partial charge in [-0.25, -0.2) is 0 Å². The SMILES string of the molecule is COc1cccc(/C=C2\SC(N3CCN(c4ccccc4)CC3)=NC2=O)c1. The molecule has 6 heteroatoms. The molecule has 2 aromatic rings. The van der Waals surface area contributed by atoms with Crippen LogP contribution < -0.4 is 9.64 Å². The van der Waals surface area contributed by atoms with Crippen LogP contribution in [0.3, 0.4) is 0 Å². The summed E-state index contributed by atoms with van der Waals surface area (Å²) < 4.78 is 5.25. The van der Waals surface area contributed by atoms with E-state index in [4.69, 9.17) is 4.74 Å². The molecule has 138 valence electrons. The van der Waals surface area contributed by atoms with E-state index in [0.717, 1.165) is 42.7 Å². The highest BCUT2D eigenvalue weighted by molar-refractivity contribution is 8.18. The summed E-state index contributed by atoms with van der Waals surface area (Å²) in [6.07, 6.45) is 1.88. The van der Waals surface area contributed by atoms with Crippen LogP contribution in [0.1, 0.15) is 5.56 Å². The summed E-state index contributed by atoms with van der Waals surface area (Å²) in [6.45, 7) is 3.57. The van der Waals surface area contributed by atoms with E-state index < -0.39 is 0 Å². The lowest BCUT2D eigenvalue weighted by atomic mass is 10.2. The number of hydrogen-bond donors (Lipinski definition) is 0. The number of methoxy groups -OCH3 is 1. The topological polar surface area (TPSA) is 45.1 Å². The van der Waals surface area contributed by atoms with Gasteiger partial charge in [0.05, 0.1) is 12.0 Å². The number of nitrogens with zero attached hydrogens (tertiary/aromatic N) is 3. The lowest BCUT2D eigenvalue weighted by molar-refractivity contribution is -0.113. The smallest absolute Gasteiger partial charge is 0.286 e. The molecule has 2 aliphatic heterocycles. The molecule has 1 amide bonds. The summed E-state index contributed by atoms with van der Waals surface area (Å²) in [5, 5.41) is 0.807. The Balaban J connectivity index is 1.41. The van der Waals surface area contributed by atoms with Crippen LogP contribution in [0.25, 0.3) is 6.08 Å². The number of para-hydroxylation sites is 1. The van der Waals surface area contributed by atoms with Crippen molar-refractivity contribution in [3.05, 3.63) is 65.1 Å². The molecule has 4 rings (SSSR count). The van der Waals surface area contributed by atoms with Gasteiger partial charge < -0.3 is 14.5 Å². The predicted molar refractivity (Wildman–Crippen MR) is 111 cm³/mol. The molecule has 0 bridgehead atoms. The van der Waals surface area contributed by atoms with Gasteiger partial charge in [-0.2, -0.15) is 4.99 Å². The van der Waals surface area contributed by atoms with E-state index in [1.807, 2.05) is 36.4 Å². The summed E-state index contributed by atoms with van der Waals surface area (Å²) in [5.74, 6) is 0.612. The largest absolute Gasteiger partial charge is 0.497 e. The molecule has 1 saturated heterocycles. The first-order valence-electron chi connectivity index (χ1n) is 8.94. The Hall–Kier alpha value is -2.73. The van der Waals surface area contributed by atoms with Gasteiger partial charge in [-0.15, -0.1) is 0 Å². The zero-order valence-corrected chi connectivity index (χ0v) is 16.0. The molecule has 0 unspecified atom stereocenters. The van der Waals surface area contributed by atoms with Crippen molar-refractivity contribution in [3.8, 4) is 5.75 Å². The Bertz CT molecular complexity index is 887. The third-order valence-electron chi connectivity index (χ3n) is 4.67. The number of hydrogen-bond acceptors (Lipinski definition) is 5. The minimum Gasteiger partial charge on any atom is -0.497 e. The number of thioether (sulfide) groups is 1. The fourth-order valence-electron chi connectivity index (χ4n) is 3.21. The summed E-state index contributed by atoms with van der Waals surface area (Å²) >= 11 is 1.46. The number of piperazine rings is 1. The Morgan fingerprint density at radius 3 is 2.48 bits per heavy atom. The molecule has 27 heavy (non-hydrogen) atoms. The van der Waals surface area contributed by atoms with Crippen LogP contribution in [0.2, 0.25) is 0 Å². The molecule has 0 aromatic heterocycles. The summed E-state index contributed by atoms with van der Waals surface area (Å²) in [6, 6.07) is 18.1. The molecular weight excluding hydrogens is 358 g/mol. The van der Waals surface area contributed by atoms with Crippen LogP contribution >= 0.6 is 11.8 Å². The van der Waals surface area contributed by atoms with E-state index in [0.29, 0.717) is 4.91 Å². The van der Waals surface area contributed by atoms with E-state index in [2.05, 4.69) is 39.1 Å². The number of carbonyl (C=O) groups is 1. The summed E-state index contributed by atoms with van der Waals surface area (Å²) in [5.41, 5.74) is 2.18. The highest BCUT2D eigenvalue weighted by atomic mass is 32.2. The Kier molecular flexibility index (Phi) is 5.16. The number of carbonyl (C=O) groups excluding carboxylic acids is 1. The minimum absolute atomic E-state index is 0.164. The molecule has 2 aromatic carbocycles. The molecule has 0 saturated carbocycles. The van der Waals surface area contributed by atoms with Crippen molar-refractivity contribution in [3.63, 3.8) is 0 Å². The maximum absolute atomic E-state index is 12.3. The van der Waals surface area contributed by atoms with Gasteiger partial charge in [0.25, 0.3) is 5.91 Å². The number of benzene rings is 2. The number of ether oxygens (including phenoxy) is 1. The average Bonchev–Trinajstić information content (AvgIpc) is 3.09. The normalized spacial score (nSPS) is 18.8. The van der Waals surface area contributed by atoms with Crippen molar-refractivity contribution in [2.75, 3.05) is 38.2 Å². The minimum atomic E-state index is -0.164. The van der Waals surface area contributed by atoms with Crippen LogP contribution in [0.15, 0.2) is 64.5 Å². The van der Waals surface area contributed by atoms with Crippen molar-refractivity contribution in [1.29, 1.82) is 0 Å². The van der Waals surface area contributed by atoms with Gasteiger partial charge in [0.15, 0.2) is 5.17 Å². The highest BCUT2D eigenvalue weighted by Crippen LogP contribution is 2.31. The molecule has 0 radical (unpaired) electrons. The van der Waals surface area contributed by atoms with Gasteiger partial charge in [0.1, 0.15) is 5.75 Å². The van der Waals surface area contributed by atoms with Gasteiger partial charge in [0, 0.05) is 31.9 Å². The van der Waals surface area contributed by atoms with Gasteiger partial charge in [-0.1, -0.05) is 30.3 Å². The fraction of sp³-hybridized carbons (Fsp3) is 0.238. The fourth-order valence-corrected chi connectivity index (χ4v) is 4.18. The van der Waals surface area contributed by atoms with Crippen LogP contribution in [0, 0.1) is 0 Å². The van der Waals surface area contributed by atoms with Crippen molar-refractivity contribution >= 4 is 34.6 Å². The van der Waals surface area contributed by atoms with Crippen LogP contribution in [-0.2, 0) is 4.79 Å². The molecule has 1 fully saturated rings. The molecule has 0 aliphatic carbocycles. The van der Waals surface area contributed by atoms with Gasteiger partial charge in [-0.3, -0.25) is 4.79 Å². The van der Waals surface area contributed by atoms with E-state index in [1.54, 1.807) is 7.11 Å². The quantitative estimate of drug-likeness (QED) is 0.764. The van der Waals surface area contributed by atoms with E-state index >= 15 is 0 Å². The monoisotopic (exact) mass is 379 g/mol. The van der Waals surface area contributed by atoms with Crippen molar-refractivity contribution < 1.29 is 9.53 Å². The Morgan fingerprint density at radius 1 is 1.00 bits per heavy atom. The Morgan fingerprint density at radius 2 is 1.74 bits per heavy atom. The number of aliphatic imine (C=N–C) groups is 1. The molecule has 5 nitrogen and oxygen atoms in total. The molecule has 0 atom stereocenters. The summed E-state index contributed by atoms with van der Waals surface area (Å²) in [4.78, 5) is 21.8.